The fourth-order valence-electron chi connectivity index (χ4n) is 2.76. The summed E-state index contributed by atoms with van der Waals surface area (Å²) in [6, 6.07) is 6.52. The van der Waals surface area contributed by atoms with Crippen molar-refractivity contribution in [2.24, 2.45) is 5.92 Å². The summed E-state index contributed by atoms with van der Waals surface area (Å²) in [4.78, 5) is 28.3. The number of phenolic OH excluding ortho intramolecular Hbond substituents is 1. The molecular formula is C19H28N2O4. The summed E-state index contributed by atoms with van der Waals surface area (Å²) in [5.74, 6) is 0.300. The van der Waals surface area contributed by atoms with Gasteiger partial charge in [0.1, 0.15) is 11.9 Å². The lowest BCUT2D eigenvalue weighted by atomic mass is 10.1. The number of nitrogens with zero attached hydrogens (tertiary/aromatic N) is 2. The number of para-hydroxylation sites is 1. The third-order valence-electron chi connectivity index (χ3n) is 4.42. The SMILES string of the molecule is CC(C)CCO[C@@H](C)C(=O)N1CCN(C(=O)c2ccccc2O)CC1. The second-order valence-corrected chi connectivity index (χ2v) is 6.83. The number of rotatable bonds is 6. The van der Waals surface area contributed by atoms with Gasteiger partial charge in [-0.3, -0.25) is 9.59 Å². The summed E-state index contributed by atoms with van der Waals surface area (Å²) in [5.41, 5.74) is 0.299. The second-order valence-electron chi connectivity index (χ2n) is 6.83. The van der Waals surface area contributed by atoms with Gasteiger partial charge in [0.05, 0.1) is 5.56 Å². The van der Waals surface area contributed by atoms with Crippen LogP contribution in [0.1, 0.15) is 37.6 Å². The molecular weight excluding hydrogens is 320 g/mol. The molecule has 1 heterocycles. The van der Waals surface area contributed by atoms with Gasteiger partial charge in [0, 0.05) is 32.8 Å². The highest BCUT2D eigenvalue weighted by atomic mass is 16.5. The van der Waals surface area contributed by atoms with Crippen LogP contribution in [-0.2, 0) is 9.53 Å². The van der Waals surface area contributed by atoms with E-state index in [4.69, 9.17) is 4.74 Å². The van der Waals surface area contributed by atoms with Crippen LogP contribution in [0.15, 0.2) is 24.3 Å². The topological polar surface area (TPSA) is 70.1 Å². The Labute approximate surface area is 149 Å². The van der Waals surface area contributed by atoms with E-state index in [1.54, 1.807) is 34.9 Å². The molecule has 6 heteroatoms. The van der Waals surface area contributed by atoms with Gasteiger partial charge in [-0.15, -0.1) is 0 Å². The molecule has 0 bridgehead atoms. The molecule has 1 saturated heterocycles. The smallest absolute Gasteiger partial charge is 0.257 e. The molecule has 1 aromatic carbocycles. The summed E-state index contributed by atoms with van der Waals surface area (Å²) >= 11 is 0. The predicted octanol–water partition coefficient (Wildman–Crippen LogP) is 2.13. The zero-order chi connectivity index (χ0) is 18.4. The molecule has 1 fully saturated rings. The van der Waals surface area contributed by atoms with Crippen molar-refractivity contribution in [3.05, 3.63) is 29.8 Å². The molecule has 0 unspecified atom stereocenters. The van der Waals surface area contributed by atoms with Crippen LogP contribution in [0.5, 0.6) is 5.75 Å². The van der Waals surface area contributed by atoms with E-state index in [1.807, 2.05) is 0 Å². The predicted molar refractivity (Wildman–Crippen MR) is 95.5 cm³/mol. The highest BCUT2D eigenvalue weighted by Crippen LogP contribution is 2.19. The number of carbonyl (C=O) groups is 2. The van der Waals surface area contributed by atoms with E-state index >= 15 is 0 Å². The van der Waals surface area contributed by atoms with Crippen LogP contribution in [0.25, 0.3) is 0 Å². The third kappa shape index (κ3) is 5.19. The van der Waals surface area contributed by atoms with Gasteiger partial charge in [0.25, 0.3) is 11.8 Å². The fraction of sp³-hybridized carbons (Fsp3) is 0.579. The molecule has 1 N–H and O–H groups in total. The molecule has 25 heavy (non-hydrogen) atoms. The Morgan fingerprint density at radius 1 is 1.08 bits per heavy atom. The van der Waals surface area contributed by atoms with Crippen molar-refractivity contribution in [1.82, 2.24) is 9.80 Å². The Bertz CT molecular complexity index is 595. The third-order valence-corrected chi connectivity index (χ3v) is 4.42. The normalized spacial score (nSPS) is 16.2. The quantitative estimate of drug-likeness (QED) is 0.855. The van der Waals surface area contributed by atoms with Gasteiger partial charge in [0.2, 0.25) is 0 Å². The van der Waals surface area contributed by atoms with Crippen LogP contribution in [0.2, 0.25) is 0 Å². The summed E-state index contributed by atoms with van der Waals surface area (Å²) < 4.78 is 5.62. The molecule has 1 aliphatic rings. The molecule has 0 aromatic heterocycles. The molecule has 0 radical (unpaired) electrons. The van der Waals surface area contributed by atoms with Gasteiger partial charge in [-0.05, 0) is 31.4 Å². The zero-order valence-corrected chi connectivity index (χ0v) is 15.3. The number of benzene rings is 1. The number of phenols is 1. The minimum atomic E-state index is -0.459. The van der Waals surface area contributed by atoms with E-state index in [2.05, 4.69) is 13.8 Å². The maximum atomic E-state index is 12.5. The minimum absolute atomic E-state index is 0.0156. The standard InChI is InChI=1S/C19H28N2O4/c1-14(2)8-13-25-15(3)18(23)20-9-11-21(12-10-20)19(24)16-6-4-5-7-17(16)22/h4-7,14-15,22H,8-13H2,1-3H3/t15-/m0/s1. The van der Waals surface area contributed by atoms with Gasteiger partial charge in [-0.1, -0.05) is 26.0 Å². The Morgan fingerprint density at radius 3 is 2.28 bits per heavy atom. The van der Waals surface area contributed by atoms with Crippen molar-refractivity contribution < 1.29 is 19.4 Å². The molecule has 1 aliphatic heterocycles. The van der Waals surface area contributed by atoms with Gasteiger partial charge >= 0.3 is 0 Å². The van der Waals surface area contributed by atoms with Crippen LogP contribution < -0.4 is 0 Å². The van der Waals surface area contributed by atoms with Gasteiger partial charge in [-0.25, -0.2) is 0 Å². The fourth-order valence-corrected chi connectivity index (χ4v) is 2.76. The first-order valence-electron chi connectivity index (χ1n) is 8.87. The van der Waals surface area contributed by atoms with Crippen LogP contribution in [0.4, 0.5) is 0 Å². The first-order valence-corrected chi connectivity index (χ1v) is 8.87. The highest BCUT2D eigenvalue weighted by Gasteiger charge is 2.28. The summed E-state index contributed by atoms with van der Waals surface area (Å²) in [6.45, 7) is 8.48. The van der Waals surface area contributed by atoms with Crippen LogP contribution in [0, 0.1) is 5.92 Å². The molecule has 2 rings (SSSR count). The zero-order valence-electron chi connectivity index (χ0n) is 15.3. The van der Waals surface area contributed by atoms with Gasteiger partial charge < -0.3 is 19.6 Å². The average Bonchev–Trinajstić information content (AvgIpc) is 2.60. The molecule has 0 spiro atoms. The van der Waals surface area contributed by atoms with E-state index < -0.39 is 6.10 Å². The summed E-state index contributed by atoms with van der Waals surface area (Å²) in [7, 11) is 0. The van der Waals surface area contributed by atoms with Gasteiger partial charge in [0.15, 0.2) is 0 Å². The lowest BCUT2D eigenvalue weighted by Gasteiger charge is -2.36. The highest BCUT2D eigenvalue weighted by molar-refractivity contribution is 5.97. The Balaban J connectivity index is 1.83. The van der Waals surface area contributed by atoms with Crippen molar-refractivity contribution in [3.8, 4) is 5.75 Å². The van der Waals surface area contributed by atoms with E-state index in [0.717, 1.165) is 6.42 Å². The lowest BCUT2D eigenvalue weighted by molar-refractivity contribution is -0.144. The minimum Gasteiger partial charge on any atom is -0.507 e. The van der Waals surface area contributed by atoms with Crippen molar-refractivity contribution in [1.29, 1.82) is 0 Å². The van der Waals surface area contributed by atoms with Crippen molar-refractivity contribution in [2.45, 2.75) is 33.3 Å². The first-order chi connectivity index (χ1) is 11.9. The lowest BCUT2D eigenvalue weighted by Crippen LogP contribution is -2.52. The largest absolute Gasteiger partial charge is 0.507 e. The van der Waals surface area contributed by atoms with Crippen LogP contribution in [0.3, 0.4) is 0 Å². The van der Waals surface area contributed by atoms with Gasteiger partial charge in [-0.2, -0.15) is 0 Å². The second kappa shape index (κ2) is 8.85. The van der Waals surface area contributed by atoms with E-state index in [9.17, 15) is 14.7 Å². The Hall–Kier alpha value is -2.08. The number of hydrogen-bond donors (Lipinski definition) is 1. The number of aromatic hydroxyl groups is 1. The molecule has 1 atom stereocenters. The van der Waals surface area contributed by atoms with Crippen molar-refractivity contribution >= 4 is 11.8 Å². The maximum absolute atomic E-state index is 12.5. The van der Waals surface area contributed by atoms with E-state index in [0.29, 0.717) is 44.3 Å². The van der Waals surface area contributed by atoms with Crippen molar-refractivity contribution in [2.75, 3.05) is 32.8 Å². The molecule has 138 valence electrons. The molecule has 0 saturated carbocycles. The molecule has 2 amide bonds. The number of hydrogen-bond acceptors (Lipinski definition) is 4. The number of amides is 2. The maximum Gasteiger partial charge on any atom is 0.257 e. The molecule has 0 aliphatic carbocycles. The number of carbonyl (C=O) groups excluding carboxylic acids is 2. The summed E-state index contributed by atoms with van der Waals surface area (Å²) in [5, 5.41) is 9.82. The Morgan fingerprint density at radius 2 is 1.68 bits per heavy atom. The Kier molecular flexibility index (Phi) is 6.82. The molecule has 6 nitrogen and oxygen atoms in total. The van der Waals surface area contributed by atoms with E-state index in [1.165, 1.54) is 6.07 Å². The average molecular weight is 348 g/mol. The monoisotopic (exact) mass is 348 g/mol. The van der Waals surface area contributed by atoms with Crippen LogP contribution in [-0.4, -0.2) is 65.6 Å². The summed E-state index contributed by atoms with van der Waals surface area (Å²) in [6.07, 6.45) is 0.472. The number of piperazine rings is 1. The van der Waals surface area contributed by atoms with Crippen molar-refractivity contribution in [3.63, 3.8) is 0 Å². The van der Waals surface area contributed by atoms with E-state index in [-0.39, 0.29) is 17.6 Å². The van der Waals surface area contributed by atoms with Crippen LogP contribution >= 0.6 is 0 Å². The molecule has 1 aromatic rings. The number of ether oxygens (including phenoxy) is 1. The first kappa shape index (κ1) is 19.2.